The molecule has 2 saturated carbocycles. The molecule has 0 radical (unpaired) electrons. The minimum absolute atomic E-state index is 0.00332. The van der Waals surface area contributed by atoms with Crippen LogP contribution in [0.4, 0.5) is 0 Å². The summed E-state index contributed by atoms with van der Waals surface area (Å²) in [6, 6.07) is 0.566. The van der Waals surface area contributed by atoms with Crippen molar-refractivity contribution in [2.75, 3.05) is 13.2 Å². The van der Waals surface area contributed by atoms with E-state index in [0.717, 1.165) is 36.6 Å². The monoisotopic (exact) mass is 280 g/mol. The Labute approximate surface area is 117 Å². The van der Waals surface area contributed by atoms with E-state index in [2.05, 4.69) is 10.3 Å². The maximum atomic E-state index is 12.0. The summed E-state index contributed by atoms with van der Waals surface area (Å²) < 4.78 is 5.39. The summed E-state index contributed by atoms with van der Waals surface area (Å²) in [5.41, 5.74) is 0. The molecular formula is C14H20N2O2S. The van der Waals surface area contributed by atoms with Crippen LogP contribution < -0.4 is 5.32 Å². The topological polar surface area (TPSA) is 50.7 Å². The Hall–Kier alpha value is -0.550. The number of fused-ring (bicyclic) bond motifs is 2. The van der Waals surface area contributed by atoms with Gasteiger partial charge in [-0.2, -0.15) is 4.99 Å². The molecule has 104 valence electrons. The van der Waals surface area contributed by atoms with Gasteiger partial charge in [-0.3, -0.25) is 4.79 Å². The van der Waals surface area contributed by atoms with E-state index in [-0.39, 0.29) is 11.2 Å². The van der Waals surface area contributed by atoms with Gasteiger partial charge < -0.3 is 10.1 Å². The lowest BCUT2D eigenvalue weighted by Crippen LogP contribution is -2.36. The molecule has 2 aliphatic heterocycles. The summed E-state index contributed by atoms with van der Waals surface area (Å²) in [6.07, 6.45) is 6.41. The van der Waals surface area contributed by atoms with Crippen LogP contribution in [0.15, 0.2) is 4.99 Å². The number of nitrogens with one attached hydrogen (secondary N) is 1. The van der Waals surface area contributed by atoms with E-state index >= 15 is 0 Å². The molecule has 2 bridgehead atoms. The second-order valence-electron chi connectivity index (χ2n) is 6.34. The van der Waals surface area contributed by atoms with E-state index in [0.29, 0.717) is 12.0 Å². The van der Waals surface area contributed by atoms with Gasteiger partial charge in [-0.25, -0.2) is 0 Å². The third-order valence-corrected chi connectivity index (χ3v) is 6.41. The number of nitrogens with zero attached hydrogens (tertiary/aromatic N) is 1. The quantitative estimate of drug-likeness (QED) is 0.838. The Morgan fingerprint density at radius 3 is 2.84 bits per heavy atom. The SMILES string of the molecule is O=C1N=C(N[C@H]2C[C@@H]3CC[C@H]2C3)SC1C1CCOC1. The average Bonchev–Trinajstić information content (AvgIpc) is 3.12. The third kappa shape index (κ3) is 2.21. The molecule has 0 aromatic carbocycles. The van der Waals surface area contributed by atoms with Crippen molar-refractivity contribution in [3.05, 3.63) is 0 Å². The first-order valence-electron chi connectivity index (χ1n) is 7.43. The maximum absolute atomic E-state index is 12.0. The number of thioether (sulfide) groups is 1. The number of aliphatic imine (C=N–C) groups is 1. The molecular weight excluding hydrogens is 260 g/mol. The lowest BCUT2D eigenvalue weighted by atomic mass is 9.96. The lowest BCUT2D eigenvalue weighted by Gasteiger charge is -2.23. The number of ether oxygens (including phenoxy) is 1. The Morgan fingerprint density at radius 1 is 1.21 bits per heavy atom. The molecule has 5 heteroatoms. The Morgan fingerprint density at radius 2 is 2.16 bits per heavy atom. The van der Waals surface area contributed by atoms with E-state index in [1.54, 1.807) is 11.8 Å². The minimum Gasteiger partial charge on any atom is -0.381 e. The summed E-state index contributed by atoms with van der Waals surface area (Å²) in [5, 5.41) is 4.42. The van der Waals surface area contributed by atoms with E-state index in [1.165, 1.54) is 25.7 Å². The van der Waals surface area contributed by atoms with Crippen LogP contribution >= 0.6 is 11.8 Å². The maximum Gasteiger partial charge on any atom is 0.262 e. The summed E-state index contributed by atoms with van der Waals surface area (Å²) in [4.78, 5) is 16.2. The minimum atomic E-state index is 0.00332. The van der Waals surface area contributed by atoms with Crippen LogP contribution in [0.25, 0.3) is 0 Å². The van der Waals surface area contributed by atoms with E-state index in [1.807, 2.05) is 0 Å². The highest BCUT2D eigenvalue weighted by atomic mass is 32.2. The average molecular weight is 280 g/mol. The highest BCUT2D eigenvalue weighted by molar-refractivity contribution is 8.15. The Bertz CT molecular complexity index is 420. The van der Waals surface area contributed by atoms with Crippen molar-refractivity contribution in [3.63, 3.8) is 0 Å². The predicted octanol–water partition coefficient (Wildman–Crippen LogP) is 1.80. The van der Waals surface area contributed by atoms with Gasteiger partial charge in [0.1, 0.15) is 0 Å². The number of hydrogen-bond donors (Lipinski definition) is 1. The van der Waals surface area contributed by atoms with Gasteiger partial charge in [-0.05, 0) is 37.5 Å². The number of hydrogen-bond acceptors (Lipinski definition) is 4. The summed E-state index contributed by atoms with van der Waals surface area (Å²) >= 11 is 1.64. The first-order chi connectivity index (χ1) is 9.29. The van der Waals surface area contributed by atoms with Crippen LogP contribution in [-0.2, 0) is 9.53 Å². The molecule has 4 aliphatic rings. The van der Waals surface area contributed by atoms with E-state index in [9.17, 15) is 4.79 Å². The van der Waals surface area contributed by atoms with Crippen molar-refractivity contribution < 1.29 is 9.53 Å². The van der Waals surface area contributed by atoms with E-state index < -0.39 is 0 Å². The standard InChI is InChI=1S/C14H20N2O2S/c17-13-12(10-3-4-18-7-10)19-14(16-13)15-11-6-8-1-2-9(11)5-8/h8-12H,1-7H2,(H,15,16,17)/t8-,9+,10?,11+,12?/m1/s1. The fourth-order valence-electron chi connectivity index (χ4n) is 4.10. The van der Waals surface area contributed by atoms with Gasteiger partial charge in [0.15, 0.2) is 5.17 Å². The van der Waals surface area contributed by atoms with E-state index in [4.69, 9.17) is 4.74 Å². The first kappa shape index (κ1) is 12.2. The fourth-order valence-corrected chi connectivity index (χ4v) is 5.26. The number of carbonyl (C=O) groups excluding carboxylic acids is 1. The second kappa shape index (κ2) is 4.77. The highest BCUT2D eigenvalue weighted by Crippen LogP contribution is 2.45. The molecule has 2 unspecified atom stereocenters. The zero-order valence-electron chi connectivity index (χ0n) is 11.0. The van der Waals surface area contributed by atoms with Gasteiger partial charge in [0.05, 0.1) is 11.9 Å². The van der Waals surface area contributed by atoms with Crippen molar-refractivity contribution in [2.24, 2.45) is 22.7 Å². The fraction of sp³-hybridized carbons (Fsp3) is 0.857. The molecule has 19 heavy (non-hydrogen) atoms. The Kier molecular flexibility index (Phi) is 3.07. The van der Waals surface area contributed by atoms with Crippen LogP contribution in [0.2, 0.25) is 0 Å². The van der Waals surface area contributed by atoms with Crippen molar-refractivity contribution >= 4 is 22.8 Å². The van der Waals surface area contributed by atoms with Crippen LogP contribution in [0, 0.1) is 17.8 Å². The molecule has 2 aliphatic carbocycles. The van der Waals surface area contributed by atoms with Crippen molar-refractivity contribution in [2.45, 2.75) is 43.4 Å². The van der Waals surface area contributed by atoms with Crippen LogP contribution in [-0.4, -0.2) is 35.6 Å². The van der Waals surface area contributed by atoms with Crippen LogP contribution in [0.1, 0.15) is 32.1 Å². The molecule has 1 N–H and O–H groups in total. The lowest BCUT2D eigenvalue weighted by molar-refractivity contribution is -0.117. The molecule has 0 spiro atoms. The molecule has 0 aromatic heterocycles. The van der Waals surface area contributed by atoms with Gasteiger partial charge in [0, 0.05) is 18.6 Å². The molecule has 1 saturated heterocycles. The van der Waals surface area contributed by atoms with Gasteiger partial charge >= 0.3 is 0 Å². The predicted molar refractivity (Wildman–Crippen MR) is 75.1 cm³/mol. The third-order valence-electron chi connectivity index (χ3n) is 5.13. The van der Waals surface area contributed by atoms with Crippen LogP contribution in [0.5, 0.6) is 0 Å². The molecule has 1 amide bonds. The number of amides is 1. The summed E-state index contributed by atoms with van der Waals surface area (Å²) in [6.45, 7) is 1.52. The molecule has 4 rings (SSSR count). The molecule has 4 nitrogen and oxygen atoms in total. The number of rotatable bonds is 2. The first-order valence-corrected chi connectivity index (χ1v) is 8.31. The number of carbonyl (C=O) groups is 1. The van der Waals surface area contributed by atoms with Crippen molar-refractivity contribution in [3.8, 4) is 0 Å². The van der Waals surface area contributed by atoms with Gasteiger partial charge in [-0.15, -0.1) is 0 Å². The molecule has 3 fully saturated rings. The molecule has 2 heterocycles. The summed E-state index contributed by atoms with van der Waals surface area (Å²) in [7, 11) is 0. The van der Waals surface area contributed by atoms with Crippen molar-refractivity contribution in [1.82, 2.24) is 5.32 Å². The molecule has 5 atom stereocenters. The highest BCUT2D eigenvalue weighted by Gasteiger charge is 2.42. The van der Waals surface area contributed by atoms with Gasteiger partial charge in [0.25, 0.3) is 5.91 Å². The zero-order chi connectivity index (χ0) is 12.8. The van der Waals surface area contributed by atoms with Crippen molar-refractivity contribution in [1.29, 1.82) is 0 Å². The normalized spacial score (nSPS) is 44.9. The Balaban J connectivity index is 1.38. The zero-order valence-corrected chi connectivity index (χ0v) is 11.8. The van der Waals surface area contributed by atoms with Gasteiger partial charge in [0.2, 0.25) is 0 Å². The van der Waals surface area contributed by atoms with Gasteiger partial charge in [-0.1, -0.05) is 18.2 Å². The largest absolute Gasteiger partial charge is 0.381 e. The molecule has 0 aromatic rings. The summed E-state index contributed by atoms with van der Waals surface area (Å²) in [5.74, 6) is 2.15. The number of amidine groups is 1. The van der Waals surface area contributed by atoms with Crippen LogP contribution in [0.3, 0.4) is 0 Å². The smallest absolute Gasteiger partial charge is 0.262 e. The second-order valence-corrected chi connectivity index (χ2v) is 7.47.